The molecule has 2 aromatic rings. The molecule has 0 spiro atoms. The van der Waals surface area contributed by atoms with Gasteiger partial charge in [0.05, 0.1) is 18.5 Å². The maximum atomic E-state index is 5.29. The molecule has 0 bridgehead atoms. The number of oxazole rings is 1. The fraction of sp³-hybridized carbons (Fsp3) is 0.417. The molecular weight excluding hydrogens is 236 g/mol. The van der Waals surface area contributed by atoms with Gasteiger partial charge in [-0.15, -0.1) is 0 Å². The number of furan rings is 1. The van der Waals surface area contributed by atoms with E-state index in [-0.39, 0.29) is 0 Å². The Morgan fingerprint density at radius 3 is 3.00 bits per heavy atom. The summed E-state index contributed by atoms with van der Waals surface area (Å²) in [5, 5.41) is 4.47. The van der Waals surface area contributed by atoms with E-state index in [9.17, 15) is 0 Å². The van der Waals surface area contributed by atoms with Crippen molar-refractivity contribution in [2.24, 2.45) is 0 Å². The molecule has 2 rings (SSSR count). The van der Waals surface area contributed by atoms with Crippen molar-refractivity contribution in [3.8, 4) is 0 Å². The third-order valence-corrected chi connectivity index (χ3v) is 3.17. The van der Waals surface area contributed by atoms with E-state index in [2.05, 4.69) is 17.2 Å². The predicted molar refractivity (Wildman–Crippen MR) is 67.0 cm³/mol. The van der Waals surface area contributed by atoms with Gasteiger partial charge in [0.15, 0.2) is 0 Å². The van der Waals surface area contributed by atoms with Gasteiger partial charge in [-0.3, -0.25) is 0 Å². The van der Waals surface area contributed by atoms with Crippen LogP contribution in [0.15, 0.2) is 38.7 Å². The lowest BCUT2D eigenvalue weighted by molar-refractivity contribution is 0.452. The third kappa shape index (κ3) is 3.94. The van der Waals surface area contributed by atoms with E-state index < -0.39 is 0 Å². The van der Waals surface area contributed by atoms with Crippen molar-refractivity contribution in [3.05, 3.63) is 36.1 Å². The molecule has 5 heteroatoms. The molecule has 0 radical (unpaired) electrons. The molecule has 0 amide bonds. The summed E-state index contributed by atoms with van der Waals surface area (Å²) in [5.74, 6) is 0.953. The molecule has 1 unspecified atom stereocenters. The van der Waals surface area contributed by atoms with E-state index in [0.717, 1.165) is 29.8 Å². The highest BCUT2D eigenvalue weighted by molar-refractivity contribution is 7.99. The summed E-state index contributed by atoms with van der Waals surface area (Å²) in [6, 6.07) is 3.85. The van der Waals surface area contributed by atoms with Gasteiger partial charge in [0.1, 0.15) is 12.0 Å². The minimum absolute atomic E-state index is 0.406. The Hall–Kier alpha value is -1.20. The number of aryl methyl sites for hydroxylation is 1. The van der Waals surface area contributed by atoms with Gasteiger partial charge in [-0.2, -0.15) is 0 Å². The number of nitrogens with one attached hydrogen (secondary N) is 1. The molecule has 0 fully saturated rings. The number of hydrogen-bond acceptors (Lipinski definition) is 5. The van der Waals surface area contributed by atoms with Crippen LogP contribution < -0.4 is 5.32 Å². The lowest BCUT2D eigenvalue weighted by atomic mass is 10.4. The van der Waals surface area contributed by atoms with Crippen LogP contribution in [0.3, 0.4) is 0 Å². The summed E-state index contributed by atoms with van der Waals surface area (Å²) in [6.07, 6.45) is 3.36. The van der Waals surface area contributed by atoms with Crippen molar-refractivity contribution in [1.29, 1.82) is 0 Å². The summed E-state index contributed by atoms with van der Waals surface area (Å²) in [4.78, 5) is 4.26. The largest absolute Gasteiger partial charge is 0.468 e. The first kappa shape index (κ1) is 12.3. The Morgan fingerprint density at radius 2 is 2.35 bits per heavy atom. The Morgan fingerprint density at radius 1 is 1.47 bits per heavy atom. The van der Waals surface area contributed by atoms with E-state index in [1.54, 1.807) is 24.3 Å². The van der Waals surface area contributed by atoms with E-state index in [4.69, 9.17) is 8.83 Å². The van der Waals surface area contributed by atoms with Crippen molar-refractivity contribution in [2.45, 2.75) is 30.9 Å². The van der Waals surface area contributed by atoms with Crippen LogP contribution in [0.4, 0.5) is 0 Å². The average Bonchev–Trinajstić information content (AvgIpc) is 2.90. The molecule has 4 nitrogen and oxygen atoms in total. The zero-order valence-electron chi connectivity index (χ0n) is 9.97. The van der Waals surface area contributed by atoms with Gasteiger partial charge in [-0.05, 0) is 19.1 Å². The van der Waals surface area contributed by atoms with Gasteiger partial charge < -0.3 is 14.2 Å². The Labute approximate surface area is 105 Å². The van der Waals surface area contributed by atoms with Crippen molar-refractivity contribution < 1.29 is 8.83 Å². The maximum absolute atomic E-state index is 5.29. The fourth-order valence-corrected chi connectivity index (χ4v) is 2.26. The molecule has 0 saturated carbocycles. The molecule has 0 aromatic carbocycles. The summed E-state index contributed by atoms with van der Waals surface area (Å²) >= 11 is 1.63. The van der Waals surface area contributed by atoms with Gasteiger partial charge in [0.25, 0.3) is 5.22 Å². The van der Waals surface area contributed by atoms with Gasteiger partial charge in [0, 0.05) is 11.8 Å². The SMILES string of the molecule is Cc1coc(SC(C)CNCc2ccco2)n1. The lowest BCUT2D eigenvalue weighted by Gasteiger charge is -2.08. The second kappa shape index (κ2) is 5.93. The molecule has 0 aliphatic carbocycles. The average molecular weight is 252 g/mol. The van der Waals surface area contributed by atoms with Gasteiger partial charge in [-0.25, -0.2) is 4.98 Å². The van der Waals surface area contributed by atoms with Crippen LogP contribution in [0.5, 0.6) is 0 Å². The van der Waals surface area contributed by atoms with Crippen LogP contribution in [0.2, 0.25) is 0 Å². The zero-order valence-corrected chi connectivity index (χ0v) is 10.8. The Kier molecular flexibility index (Phi) is 4.28. The minimum Gasteiger partial charge on any atom is -0.468 e. The van der Waals surface area contributed by atoms with Crippen LogP contribution in [-0.2, 0) is 6.54 Å². The summed E-state index contributed by atoms with van der Waals surface area (Å²) in [6.45, 7) is 5.70. The Bertz CT molecular complexity index is 439. The summed E-state index contributed by atoms with van der Waals surface area (Å²) < 4.78 is 10.5. The highest BCUT2D eigenvalue weighted by atomic mass is 32.2. The second-order valence-electron chi connectivity index (χ2n) is 3.89. The fourth-order valence-electron chi connectivity index (χ4n) is 1.41. The Balaban J connectivity index is 1.69. The first-order valence-corrected chi connectivity index (χ1v) is 6.44. The predicted octanol–water partition coefficient (Wildman–Crippen LogP) is 2.85. The van der Waals surface area contributed by atoms with Crippen molar-refractivity contribution >= 4 is 11.8 Å². The van der Waals surface area contributed by atoms with Crippen LogP contribution >= 0.6 is 11.8 Å². The smallest absolute Gasteiger partial charge is 0.256 e. The van der Waals surface area contributed by atoms with E-state index in [0.29, 0.717) is 5.25 Å². The number of aromatic nitrogens is 1. The van der Waals surface area contributed by atoms with Gasteiger partial charge in [0.2, 0.25) is 0 Å². The quantitative estimate of drug-likeness (QED) is 0.801. The van der Waals surface area contributed by atoms with Crippen molar-refractivity contribution in [2.75, 3.05) is 6.54 Å². The molecule has 0 saturated heterocycles. The molecule has 17 heavy (non-hydrogen) atoms. The van der Waals surface area contributed by atoms with Crippen molar-refractivity contribution in [1.82, 2.24) is 10.3 Å². The lowest BCUT2D eigenvalue weighted by Crippen LogP contribution is -2.22. The highest BCUT2D eigenvalue weighted by Crippen LogP contribution is 2.21. The van der Waals surface area contributed by atoms with Crippen LogP contribution in [-0.4, -0.2) is 16.8 Å². The summed E-state index contributed by atoms with van der Waals surface area (Å²) in [5.41, 5.74) is 0.920. The topological polar surface area (TPSA) is 51.2 Å². The van der Waals surface area contributed by atoms with Crippen LogP contribution in [0.1, 0.15) is 18.4 Å². The molecule has 1 N–H and O–H groups in total. The van der Waals surface area contributed by atoms with Crippen molar-refractivity contribution in [3.63, 3.8) is 0 Å². The maximum Gasteiger partial charge on any atom is 0.256 e. The number of hydrogen-bond donors (Lipinski definition) is 1. The van der Waals surface area contributed by atoms with Crippen LogP contribution in [0, 0.1) is 6.92 Å². The first-order valence-electron chi connectivity index (χ1n) is 5.56. The normalized spacial score (nSPS) is 12.8. The summed E-state index contributed by atoms with van der Waals surface area (Å²) in [7, 11) is 0. The molecular formula is C12H16N2O2S. The number of nitrogens with zero attached hydrogens (tertiary/aromatic N) is 1. The number of thioether (sulfide) groups is 1. The van der Waals surface area contributed by atoms with Gasteiger partial charge in [-0.1, -0.05) is 18.7 Å². The molecule has 2 aromatic heterocycles. The van der Waals surface area contributed by atoms with E-state index >= 15 is 0 Å². The molecule has 0 aliphatic rings. The molecule has 92 valence electrons. The second-order valence-corrected chi connectivity index (χ2v) is 5.28. The molecule has 0 aliphatic heterocycles. The molecule has 2 heterocycles. The number of rotatable bonds is 6. The standard InChI is InChI=1S/C12H16N2O2S/c1-9-8-16-12(14-9)17-10(2)6-13-7-11-4-3-5-15-11/h3-5,8,10,13H,6-7H2,1-2H3. The zero-order chi connectivity index (χ0) is 12.1. The van der Waals surface area contributed by atoms with Crippen LogP contribution in [0.25, 0.3) is 0 Å². The monoisotopic (exact) mass is 252 g/mol. The van der Waals surface area contributed by atoms with E-state index in [1.807, 2.05) is 19.1 Å². The minimum atomic E-state index is 0.406. The first-order chi connectivity index (χ1) is 8.24. The van der Waals surface area contributed by atoms with E-state index in [1.165, 1.54) is 0 Å². The van der Waals surface area contributed by atoms with Gasteiger partial charge >= 0.3 is 0 Å². The highest BCUT2D eigenvalue weighted by Gasteiger charge is 2.08. The third-order valence-electron chi connectivity index (χ3n) is 2.21. The molecule has 1 atom stereocenters.